The summed E-state index contributed by atoms with van der Waals surface area (Å²) in [5.74, 6) is -0.344. The molecule has 1 aromatic carbocycles. The van der Waals surface area contributed by atoms with Crippen molar-refractivity contribution in [1.82, 2.24) is 0 Å². The largest absolute Gasteiger partial charge is 0.481 e. The van der Waals surface area contributed by atoms with E-state index in [1.165, 1.54) is 0 Å². The van der Waals surface area contributed by atoms with Crippen LogP contribution in [0.15, 0.2) is 18.2 Å². The van der Waals surface area contributed by atoms with Crippen molar-refractivity contribution in [3.8, 4) is 11.5 Å². The van der Waals surface area contributed by atoms with Crippen LogP contribution in [-0.2, 0) is 11.2 Å². The Kier molecular flexibility index (Phi) is 1.71. The summed E-state index contributed by atoms with van der Waals surface area (Å²) in [6.45, 7) is 0.143. The van der Waals surface area contributed by atoms with Crippen LogP contribution in [0.3, 0.4) is 0 Å². The van der Waals surface area contributed by atoms with E-state index in [4.69, 9.17) is 17.3 Å². The van der Waals surface area contributed by atoms with Gasteiger partial charge in [0.25, 0.3) is 0 Å². The van der Waals surface area contributed by atoms with Crippen molar-refractivity contribution in [2.24, 2.45) is 0 Å². The van der Waals surface area contributed by atoms with Gasteiger partial charge < -0.3 is 14.6 Å². The summed E-state index contributed by atoms with van der Waals surface area (Å²) in [6.07, 6.45) is -2.47. The van der Waals surface area contributed by atoms with Crippen LogP contribution in [0.1, 0.15) is 14.7 Å². The number of ether oxygens (including phenoxy) is 2. The van der Waals surface area contributed by atoms with Crippen molar-refractivity contribution < 1.29 is 22.1 Å². The highest BCUT2D eigenvalue weighted by Gasteiger charge is 2.13. The molecule has 4 heteroatoms. The van der Waals surface area contributed by atoms with E-state index in [2.05, 4.69) is 0 Å². The number of benzene rings is 1. The van der Waals surface area contributed by atoms with E-state index in [9.17, 15) is 4.79 Å². The van der Waals surface area contributed by atoms with E-state index in [0.29, 0.717) is 17.1 Å². The molecule has 0 aliphatic carbocycles. The van der Waals surface area contributed by atoms with Crippen LogP contribution in [0.25, 0.3) is 0 Å². The van der Waals surface area contributed by atoms with Gasteiger partial charge in [0.1, 0.15) is 0 Å². The molecule has 2 rings (SSSR count). The average molecular weight is 196 g/mol. The molecule has 0 spiro atoms. The third kappa shape index (κ3) is 1.79. The fraction of sp³-hybridized carbons (Fsp3) is 0.300. The molecule has 0 atom stereocenters. The van der Waals surface area contributed by atoms with Gasteiger partial charge in [-0.15, -0.1) is 0 Å². The number of fused-ring (bicyclic) bond motifs is 1. The Bertz CT molecular complexity index is 431. The lowest BCUT2D eigenvalue weighted by Crippen LogP contribution is -1.97. The van der Waals surface area contributed by atoms with Gasteiger partial charge in [-0.25, -0.2) is 0 Å². The first-order valence-electron chi connectivity index (χ1n) is 5.11. The van der Waals surface area contributed by atoms with Gasteiger partial charge in [0, 0.05) is 9.11 Å². The zero-order chi connectivity index (χ0) is 11.8. The summed E-state index contributed by atoms with van der Waals surface area (Å²) < 4.78 is 24.8. The Morgan fingerprint density at radius 2 is 2.29 bits per heavy atom. The number of hydrogen-bond donors (Lipinski definition) is 1. The van der Waals surface area contributed by atoms with E-state index in [1.807, 2.05) is 0 Å². The number of rotatable bonds is 3. The highest BCUT2D eigenvalue weighted by molar-refractivity contribution is 5.67. The Morgan fingerprint density at radius 3 is 3.07 bits per heavy atom. The predicted octanol–water partition coefficient (Wildman–Crippen LogP) is 1.43. The summed E-state index contributed by atoms with van der Waals surface area (Å²) in [6, 6.07) is 4.88. The maximum Gasteiger partial charge on any atom is 0.303 e. The molecule has 0 unspecified atom stereocenters. The lowest BCUT2D eigenvalue weighted by atomic mass is 10.1. The minimum atomic E-state index is -2.27. The van der Waals surface area contributed by atoms with Crippen molar-refractivity contribution in [3.63, 3.8) is 0 Å². The van der Waals surface area contributed by atoms with Gasteiger partial charge >= 0.3 is 5.97 Å². The van der Waals surface area contributed by atoms with Gasteiger partial charge in [0.15, 0.2) is 11.5 Å². The van der Waals surface area contributed by atoms with E-state index in [-0.39, 0.29) is 13.2 Å². The van der Waals surface area contributed by atoms with Gasteiger partial charge in [0.05, 0.1) is 0 Å². The number of aryl methyl sites for hydroxylation is 1. The zero-order valence-corrected chi connectivity index (χ0v) is 7.32. The molecule has 1 aliphatic heterocycles. The summed E-state index contributed by atoms with van der Waals surface area (Å²) in [5.41, 5.74) is 0.566. The molecule has 0 radical (unpaired) electrons. The van der Waals surface area contributed by atoms with E-state index >= 15 is 0 Å². The maximum atomic E-state index is 10.6. The highest BCUT2D eigenvalue weighted by atomic mass is 16.7. The van der Waals surface area contributed by atoms with Gasteiger partial charge in [-0.2, -0.15) is 0 Å². The van der Waals surface area contributed by atoms with E-state index in [1.54, 1.807) is 18.2 Å². The number of carboxylic acids is 1. The molecule has 0 fully saturated rings. The Labute approximate surface area is 83.9 Å². The van der Waals surface area contributed by atoms with Crippen molar-refractivity contribution in [2.45, 2.75) is 12.8 Å². The molecular formula is C10H10O4. The number of aliphatic carboxylic acids is 1. The first-order valence-corrected chi connectivity index (χ1v) is 4.11. The van der Waals surface area contributed by atoms with Gasteiger partial charge in [-0.05, 0) is 24.1 Å². The van der Waals surface area contributed by atoms with Crippen molar-refractivity contribution in [1.29, 1.82) is 0 Å². The maximum absolute atomic E-state index is 10.6. The zero-order valence-electron chi connectivity index (χ0n) is 9.32. The fourth-order valence-electron chi connectivity index (χ4n) is 1.23. The molecule has 0 saturated heterocycles. The fourth-order valence-corrected chi connectivity index (χ4v) is 1.23. The third-order valence-corrected chi connectivity index (χ3v) is 1.88. The molecule has 14 heavy (non-hydrogen) atoms. The lowest BCUT2D eigenvalue weighted by molar-refractivity contribution is -0.136. The van der Waals surface area contributed by atoms with Crippen LogP contribution in [0.2, 0.25) is 0 Å². The second kappa shape index (κ2) is 3.57. The summed E-state index contributed by atoms with van der Waals surface area (Å²) in [7, 11) is 0. The number of hydrogen-bond acceptors (Lipinski definition) is 3. The summed E-state index contributed by atoms with van der Waals surface area (Å²) in [5, 5.41) is 8.67. The highest BCUT2D eigenvalue weighted by Crippen LogP contribution is 2.32. The van der Waals surface area contributed by atoms with E-state index < -0.39 is 12.3 Å². The molecule has 0 aromatic heterocycles. The minimum Gasteiger partial charge on any atom is -0.481 e. The Morgan fingerprint density at radius 1 is 1.50 bits per heavy atom. The van der Waals surface area contributed by atoms with Crippen molar-refractivity contribution >= 4 is 5.97 Å². The van der Waals surface area contributed by atoms with Crippen LogP contribution in [-0.4, -0.2) is 17.9 Å². The number of carbonyl (C=O) groups is 1. The van der Waals surface area contributed by atoms with Crippen molar-refractivity contribution in [2.75, 3.05) is 6.79 Å². The quantitative estimate of drug-likeness (QED) is 0.794. The molecule has 0 bridgehead atoms. The monoisotopic (exact) mass is 196 g/mol. The molecule has 1 N–H and O–H groups in total. The van der Waals surface area contributed by atoms with Gasteiger partial charge in [-0.1, -0.05) is 6.07 Å². The van der Waals surface area contributed by atoms with Gasteiger partial charge in [-0.3, -0.25) is 4.79 Å². The molecule has 1 heterocycles. The second-order valence-corrected chi connectivity index (χ2v) is 2.85. The van der Waals surface area contributed by atoms with Crippen LogP contribution in [0.4, 0.5) is 0 Å². The van der Waals surface area contributed by atoms with Crippen LogP contribution < -0.4 is 9.47 Å². The molecule has 74 valence electrons. The Balaban J connectivity index is 2.20. The average Bonchev–Trinajstić information content (AvgIpc) is 2.63. The van der Waals surface area contributed by atoms with Crippen LogP contribution >= 0.6 is 0 Å². The number of carboxylic acid groups (broad SMARTS) is 1. The second-order valence-electron chi connectivity index (χ2n) is 2.85. The topological polar surface area (TPSA) is 55.8 Å². The van der Waals surface area contributed by atoms with E-state index in [0.717, 1.165) is 0 Å². The first kappa shape index (κ1) is 6.70. The molecule has 0 saturated carbocycles. The van der Waals surface area contributed by atoms with Crippen LogP contribution in [0.5, 0.6) is 11.5 Å². The van der Waals surface area contributed by atoms with Crippen LogP contribution in [0, 0.1) is 0 Å². The molecule has 1 aromatic rings. The lowest BCUT2D eigenvalue weighted by Gasteiger charge is -2.00. The molecule has 4 nitrogen and oxygen atoms in total. The smallest absolute Gasteiger partial charge is 0.303 e. The first-order chi connectivity index (χ1) is 7.49. The third-order valence-electron chi connectivity index (χ3n) is 1.88. The molecular weight excluding hydrogens is 184 g/mol. The Hall–Kier alpha value is -1.71. The molecule has 1 aliphatic rings. The SMILES string of the molecule is [2H]C([2H])(Cc1ccc2c(c1)OCO2)C(=O)O. The summed E-state index contributed by atoms with van der Waals surface area (Å²) >= 11 is 0. The molecule has 0 amide bonds. The summed E-state index contributed by atoms with van der Waals surface area (Å²) in [4.78, 5) is 10.6. The minimum absolute atomic E-state index is 0.143. The van der Waals surface area contributed by atoms with Crippen molar-refractivity contribution in [3.05, 3.63) is 23.8 Å². The van der Waals surface area contributed by atoms with Gasteiger partial charge in [0.2, 0.25) is 6.79 Å². The standard InChI is InChI=1S/C10H10O4/c11-10(12)4-2-7-1-3-8-9(5-7)14-6-13-8/h1,3,5H,2,4,6H2,(H,11,12)/i4D2. The normalized spacial score (nSPS) is 16.0. The predicted molar refractivity (Wildman–Crippen MR) is 48.5 cm³/mol.